The van der Waals surface area contributed by atoms with Gasteiger partial charge in [-0.15, -0.1) is 17.5 Å². The van der Waals surface area contributed by atoms with Gasteiger partial charge in [-0.3, -0.25) is 9.69 Å². The second kappa shape index (κ2) is 7.85. The van der Waals surface area contributed by atoms with E-state index in [-0.39, 0.29) is 36.0 Å². The third-order valence-corrected chi connectivity index (χ3v) is 4.33. The Morgan fingerprint density at radius 3 is 2.92 bits per heavy atom. The quantitative estimate of drug-likeness (QED) is 0.809. The molecule has 2 aromatic rings. The molecule has 10 heteroatoms. The normalized spacial score (nSPS) is 20.3. The van der Waals surface area contributed by atoms with E-state index in [9.17, 15) is 9.18 Å². The van der Waals surface area contributed by atoms with Crippen LogP contribution in [0.15, 0.2) is 24.5 Å². The Balaban J connectivity index is 0.00000225. The van der Waals surface area contributed by atoms with Gasteiger partial charge in [-0.25, -0.2) is 9.07 Å². The highest BCUT2D eigenvalue weighted by Gasteiger charge is 2.33. The van der Waals surface area contributed by atoms with E-state index in [1.165, 1.54) is 29.2 Å². The first-order chi connectivity index (χ1) is 11.5. The summed E-state index contributed by atoms with van der Waals surface area (Å²) < 4.78 is 15.3. The SMILES string of the molecule is CC1(CN)CCN(CC(=O)Nc2cc(-n3cnnn3)ccc2F)C1.Cl. The largest absolute Gasteiger partial charge is 0.330 e. The van der Waals surface area contributed by atoms with Crippen molar-refractivity contribution in [2.24, 2.45) is 11.1 Å². The van der Waals surface area contributed by atoms with E-state index >= 15 is 0 Å². The van der Waals surface area contributed by atoms with Crippen LogP contribution in [0.25, 0.3) is 5.69 Å². The Bertz CT molecular complexity index is 727. The topological polar surface area (TPSA) is 102 Å². The number of halogens is 2. The Hall–Kier alpha value is -2.10. The summed E-state index contributed by atoms with van der Waals surface area (Å²) in [5.41, 5.74) is 6.49. The lowest BCUT2D eigenvalue weighted by molar-refractivity contribution is -0.117. The predicted molar refractivity (Wildman–Crippen MR) is 93.2 cm³/mol. The van der Waals surface area contributed by atoms with Crippen LogP contribution in [0, 0.1) is 11.2 Å². The number of rotatable bonds is 5. The van der Waals surface area contributed by atoms with Crippen LogP contribution in [0.4, 0.5) is 10.1 Å². The van der Waals surface area contributed by atoms with Crippen molar-refractivity contribution in [1.82, 2.24) is 25.1 Å². The summed E-state index contributed by atoms with van der Waals surface area (Å²) in [6.45, 7) is 4.50. The zero-order valence-corrected chi connectivity index (χ0v) is 14.7. The number of carbonyl (C=O) groups is 1. The third kappa shape index (κ3) is 4.50. The van der Waals surface area contributed by atoms with Crippen LogP contribution in [0.1, 0.15) is 13.3 Å². The van der Waals surface area contributed by atoms with Crippen molar-refractivity contribution in [3.05, 3.63) is 30.3 Å². The monoisotopic (exact) mass is 369 g/mol. The maximum atomic E-state index is 14.0. The van der Waals surface area contributed by atoms with Crippen LogP contribution >= 0.6 is 12.4 Å². The average Bonchev–Trinajstić information content (AvgIpc) is 3.20. The lowest BCUT2D eigenvalue weighted by Gasteiger charge is -2.22. The van der Waals surface area contributed by atoms with E-state index in [0.29, 0.717) is 12.2 Å². The molecular formula is C15H21ClFN7O. The van der Waals surface area contributed by atoms with Gasteiger partial charge in [-0.2, -0.15) is 0 Å². The first-order valence-electron chi connectivity index (χ1n) is 7.74. The highest BCUT2D eigenvalue weighted by atomic mass is 35.5. The number of hydrogen-bond donors (Lipinski definition) is 2. The van der Waals surface area contributed by atoms with E-state index in [0.717, 1.165) is 19.5 Å². The molecule has 1 amide bonds. The zero-order chi connectivity index (χ0) is 17.2. The smallest absolute Gasteiger partial charge is 0.238 e. The lowest BCUT2D eigenvalue weighted by Crippen LogP contribution is -2.35. The van der Waals surface area contributed by atoms with Gasteiger partial charge < -0.3 is 11.1 Å². The second-order valence-electron chi connectivity index (χ2n) is 6.44. The fourth-order valence-electron chi connectivity index (χ4n) is 2.85. The molecule has 25 heavy (non-hydrogen) atoms. The third-order valence-electron chi connectivity index (χ3n) is 4.33. The molecule has 3 rings (SSSR count). The van der Waals surface area contributed by atoms with Crippen molar-refractivity contribution in [1.29, 1.82) is 0 Å². The number of aromatic nitrogens is 4. The Morgan fingerprint density at radius 1 is 1.48 bits per heavy atom. The average molecular weight is 370 g/mol. The number of nitrogens with one attached hydrogen (secondary N) is 1. The molecule has 1 unspecified atom stereocenters. The molecule has 1 aliphatic rings. The number of carbonyl (C=O) groups excluding carboxylic acids is 1. The van der Waals surface area contributed by atoms with Crippen molar-refractivity contribution < 1.29 is 9.18 Å². The molecule has 1 fully saturated rings. The van der Waals surface area contributed by atoms with Crippen LogP contribution in [0.2, 0.25) is 0 Å². The van der Waals surface area contributed by atoms with E-state index in [1.54, 1.807) is 0 Å². The van der Waals surface area contributed by atoms with Crippen LogP contribution in [-0.2, 0) is 4.79 Å². The highest BCUT2D eigenvalue weighted by molar-refractivity contribution is 5.92. The van der Waals surface area contributed by atoms with Gasteiger partial charge in [0.1, 0.15) is 12.1 Å². The van der Waals surface area contributed by atoms with Gasteiger partial charge in [0.25, 0.3) is 0 Å². The van der Waals surface area contributed by atoms with Crippen molar-refractivity contribution >= 4 is 24.0 Å². The van der Waals surface area contributed by atoms with Gasteiger partial charge in [0, 0.05) is 6.54 Å². The summed E-state index contributed by atoms with van der Waals surface area (Å²) in [7, 11) is 0. The van der Waals surface area contributed by atoms with E-state index in [2.05, 4.69) is 27.8 Å². The summed E-state index contributed by atoms with van der Waals surface area (Å²) in [5.74, 6) is -0.766. The number of amides is 1. The minimum Gasteiger partial charge on any atom is -0.330 e. The summed E-state index contributed by atoms with van der Waals surface area (Å²) >= 11 is 0. The van der Waals surface area contributed by atoms with Gasteiger partial charge in [0.2, 0.25) is 5.91 Å². The van der Waals surface area contributed by atoms with Gasteiger partial charge in [-0.1, -0.05) is 6.92 Å². The molecule has 1 atom stereocenters. The fourth-order valence-corrected chi connectivity index (χ4v) is 2.85. The molecule has 2 heterocycles. The second-order valence-corrected chi connectivity index (χ2v) is 6.44. The molecule has 136 valence electrons. The number of benzene rings is 1. The zero-order valence-electron chi connectivity index (χ0n) is 13.9. The predicted octanol–water partition coefficient (Wildman–Crippen LogP) is 0.832. The minimum atomic E-state index is -0.506. The summed E-state index contributed by atoms with van der Waals surface area (Å²) in [5, 5.41) is 13.4. The van der Waals surface area contributed by atoms with E-state index in [4.69, 9.17) is 5.73 Å². The molecule has 1 saturated heterocycles. The lowest BCUT2D eigenvalue weighted by atomic mass is 9.90. The summed E-state index contributed by atoms with van der Waals surface area (Å²) in [6, 6.07) is 4.31. The Kier molecular flexibility index (Phi) is 6.04. The van der Waals surface area contributed by atoms with E-state index < -0.39 is 5.82 Å². The first kappa shape index (κ1) is 19.2. The molecule has 0 saturated carbocycles. The molecule has 0 spiro atoms. The number of nitrogens with zero attached hydrogens (tertiary/aromatic N) is 5. The van der Waals surface area contributed by atoms with Gasteiger partial charge in [0.15, 0.2) is 0 Å². The van der Waals surface area contributed by atoms with Crippen LogP contribution < -0.4 is 11.1 Å². The summed E-state index contributed by atoms with van der Waals surface area (Å²) in [6.07, 6.45) is 2.36. The van der Waals surface area contributed by atoms with Crippen molar-refractivity contribution in [3.63, 3.8) is 0 Å². The Labute approximate surface area is 151 Å². The number of anilines is 1. The van der Waals surface area contributed by atoms with Crippen molar-refractivity contribution in [2.45, 2.75) is 13.3 Å². The molecule has 0 aliphatic carbocycles. The number of hydrogen-bond acceptors (Lipinski definition) is 6. The number of likely N-dealkylation sites (tertiary alicyclic amines) is 1. The van der Waals surface area contributed by atoms with Gasteiger partial charge in [-0.05, 0) is 53.6 Å². The standard InChI is InChI=1S/C15H20FN7O.ClH/c1-15(8-17)4-5-22(9-15)7-14(24)19-13-6-11(2-3-12(13)16)23-10-18-20-21-23;/h2-3,6,10H,4-5,7-9,17H2,1H3,(H,19,24);1H. The van der Waals surface area contributed by atoms with Crippen LogP contribution in [0.3, 0.4) is 0 Å². The Morgan fingerprint density at radius 2 is 2.28 bits per heavy atom. The maximum Gasteiger partial charge on any atom is 0.238 e. The van der Waals surface area contributed by atoms with Crippen molar-refractivity contribution in [3.8, 4) is 5.69 Å². The maximum absolute atomic E-state index is 14.0. The number of nitrogens with two attached hydrogens (primary N) is 1. The molecule has 3 N–H and O–H groups in total. The highest BCUT2D eigenvalue weighted by Crippen LogP contribution is 2.28. The molecule has 1 aliphatic heterocycles. The molecule has 0 bridgehead atoms. The molecule has 0 radical (unpaired) electrons. The van der Waals surface area contributed by atoms with Crippen molar-refractivity contribution in [2.75, 3.05) is 31.5 Å². The molecular weight excluding hydrogens is 349 g/mol. The first-order valence-corrected chi connectivity index (χ1v) is 7.74. The van der Waals surface area contributed by atoms with E-state index in [1.807, 2.05) is 4.90 Å². The minimum absolute atomic E-state index is 0. The van der Waals surface area contributed by atoms with Gasteiger partial charge in [0.05, 0.1) is 17.9 Å². The molecule has 1 aromatic carbocycles. The fraction of sp³-hybridized carbons (Fsp3) is 0.467. The van der Waals surface area contributed by atoms with Crippen LogP contribution in [0.5, 0.6) is 0 Å². The summed E-state index contributed by atoms with van der Waals surface area (Å²) in [4.78, 5) is 14.3. The molecule has 1 aromatic heterocycles. The molecule has 8 nitrogen and oxygen atoms in total. The van der Waals surface area contributed by atoms with Crippen LogP contribution in [-0.4, -0.2) is 57.2 Å². The van der Waals surface area contributed by atoms with Gasteiger partial charge >= 0.3 is 0 Å². The number of tetrazole rings is 1.